The van der Waals surface area contributed by atoms with Crippen LogP contribution >= 0.6 is 58.0 Å². The summed E-state index contributed by atoms with van der Waals surface area (Å²) in [5, 5.41) is 50.6. The maximum absolute atomic E-state index is 13.5. The highest BCUT2D eigenvalue weighted by molar-refractivity contribution is 6.32. The molecule has 136 heavy (non-hydrogen) atoms. The van der Waals surface area contributed by atoms with Crippen LogP contribution in [0, 0.1) is 17.5 Å². The fourth-order valence-corrected chi connectivity index (χ4v) is 15.8. The number of aromatic amines is 3. The van der Waals surface area contributed by atoms with E-state index in [-0.39, 0.29) is 27.0 Å². The molecule has 12 N–H and O–H groups in total. The number of nitrogens with one attached hydrogen (secondary N) is 10. The van der Waals surface area contributed by atoms with E-state index in [2.05, 4.69) is 149 Å². The fourth-order valence-electron chi connectivity index (χ4n) is 14.9. The molecule has 10 aromatic heterocycles. The Morgan fingerprint density at radius 3 is 1.14 bits per heavy atom. The van der Waals surface area contributed by atoms with Gasteiger partial charge in [0, 0.05) is 196 Å². The number of benzene rings is 12. The van der Waals surface area contributed by atoms with Crippen molar-refractivity contribution in [2.75, 3.05) is 44.7 Å². The van der Waals surface area contributed by atoms with Crippen molar-refractivity contribution in [3.05, 3.63) is 396 Å². The Bertz CT molecular complexity index is 8110. The zero-order valence-electron chi connectivity index (χ0n) is 71.4. The van der Waals surface area contributed by atoms with Crippen LogP contribution in [0.2, 0.25) is 25.1 Å². The lowest BCUT2D eigenvalue weighted by Crippen LogP contribution is -2.24. The topological polar surface area (TPSA) is 329 Å². The van der Waals surface area contributed by atoms with Gasteiger partial charge in [-0.1, -0.05) is 131 Å². The number of tetrazole rings is 1. The van der Waals surface area contributed by atoms with Gasteiger partial charge in [-0.15, -0.1) is 10.2 Å². The van der Waals surface area contributed by atoms with Crippen LogP contribution in [0.15, 0.2) is 353 Å². The molecule has 0 unspecified atom stereocenters. The smallest absolute Gasteiger partial charge is 0.318 e. The number of fused-ring (bicyclic) bond motifs is 6. The number of hydrogen-bond acceptors (Lipinski definition) is 19. The molecule has 0 aliphatic rings. The molecule has 0 aliphatic carbocycles. The predicted octanol–water partition coefficient (Wildman–Crippen LogP) is 27.8. The van der Waals surface area contributed by atoms with Gasteiger partial charge in [-0.2, -0.15) is 10.3 Å². The van der Waals surface area contributed by atoms with Gasteiger partial charge in [-0.05, 0) is 256 Å². The Kier molecular flexibility index (Phi) is 27.2. The molecular formula is C104H73Cl5F3N23O. The molecule has 0 atom stereocenters. The van der Waals surface area contributed by atoms with Gasteiger partial charge in [0.25, 0.3) is 0 Å². The highest BCUT2D eigenvalue weighted by Crippen LogP contribution is 2.39. The third-order valence-corrected chi connectivity index (χ3v) is 22.9. The second kappa shape index (κ2) is 41.2. The predicted molar refractivity (Wildman–Crippen MR) is 542 cm³/mol. The number of anilines is 12. The van der Waals surface area contributed by atoms with Crippen LogP contribution in [0.25, 0.3) is 133 Å². The Balaban J connectivity index is 0.000000114. The molecule has 0 saturated carbocycles. The number of H-pyrrole nitrogens is 3. The van der Waals surface area contributed by atoms with Crippen LogP contribution in [0.5, 0.6) is 0 Å². The van der Waals surface area contributed by atoms with Crippen LogP contribution in [-0.4, -0.2) is 88.8 Å². The number of pyridine rings is 6. The quantitative estimate of drug-likeness (QED) is 0.0403. The van der Waals surface area contributed by atoms with E-state index < -0.39 is 17.5 Å². The first-order valence-electron chi connectivity index (χ1n) is 42.0. The normalized spacial score (nSPS) is 10.9. The Hall–Kier alpha value is -17.0. The molecule has 12 aromatic carbocycles. The van der Waals surface area contributed by atoms with Crippen molar-refractivity contribution in [1.82, 2.24) is 81.0 Å². The van der Waals surface area contributed by atoms with Crippen molar-refractivity contribution >= 4 is 198 Å². The molecule has 0 bridgehead atoms. The second-order valence-corrected chi connectivity index (χ2v) is 32.6. The average Bonchev–Trinajstić information content (AvgIpc) is 1.23. The lowest BCUT2D eigenvalue weighted by Gasteiger charge is -2.12. The zero-order chi connectivity index (χ0) is 93.5. The van der Waals surface area contributed by atoms with Crippen LogP contribution in [0.1, 0.15) is 0 Å². The number of rotatable bonds is 17. The molecule has 0 fully saturated rings. The largest absolute Gasteiger partial charge is 0.368 e. The number of carbonyl (C=O) groups is 1. The van der Waals surface area contributed by atoms with Crippen molar-refractivity contribution in [3.8, 4) is 67.0 Å². The zero-order valence-corrected chi connectivity index (χ0v) is 75.1. The van der Waals surface area contributed by atoms with Crippen LogP contribution in [0.3, 0.4) is 0 Å². The summed E-state index contributed by atoms with van der Waals surface area (Å²) in [4.78, 5) is 49.3. The number of nitrogens with two attached hydrogens (primary N) is 1. The summed E-state index contributed by atoms with van der Waals surface area (Å²) in [7, 11) is 1.57. The average molecular weight is 1900 g/mol. The molecule has 666 valence electrons. The van der Waals surface area contributed by atoms with Gasteiger partial charge in [0.1, 0.15) is 23.1 Å². The molecule has 32 heteroatoms. The maximum Gasteiger partial charge on any atom is 0.318 e. The first kappa shape index (κ1) is 89.6. The van der Waals surface area contributed by atoms with E-state index in [0.29, 0.717) is 38.6 Å². The standard InChI is InChI=1S/C23H18ClFN4O.C22H14ClFN4.C22H15ClN6.C19H13ClFN5.C18H13ClN4/c1-26-23(30)29-16-5-2-14(3-6-16)15-4-9-21-18(12-15)22(10-11-27-21)28-17-7-8-20(25)19(24)13-17;23-18-11-16(2-3-19(18)24)28-21-6-8-25-20-4-1-13(10-17(20)21)15-9-14-5-7-26-22(14)27-12-15;23-17-5-2-6-18(13-17)25-21-9-10-24-20-8-7-15(12-19(20)21)14-3-1-4-16(11-14)22-26-28-29-27-22;20-15-8-13(2-3-16(15)21)26-18-5-6-23-17-4-1-11(7-14(17)18)12-9-24-19(22)25-10-12;19-14-2-1-3-15(9-14)23-18-6-7-20-17-5-4-12(8-16(17)18)13-10-21-22-11-13/h2-13H,1H3,(H,27,28)(H2,26,29,30);1-12H,(H,25,28)(H,26,27);1-13H,(H,24,25)(H,26,27,28,29);1-10H,(H,23,26)(H2,22,24,25);1-11H,(H,20,23)(H,21,22). The summed E-state index contributed by atoms with van der Waals surface area (Å²) in [6.45, 7) is 0. The van der Waals surface area contributed by atoms with Gasteiger partial charge in [0.05, 0.1) is 48.8 Å². The maximum atomic E-state index is 13.5. The summed E-state index contributed by atoms with van der Waals surface area (Å²) in [5.41, 5.74) is 30.9. The first-order chi connectivity index (χ1) is 66.3. The molecule has 2 amide bonds. The first-order valence-corrected chi connectivity index (χ1v) is 43.8. The summed E-state index contributed by atoms with van der Waals surface area (Å²) in [6, 6.07) is 88.2. The number of hydrogen-bond donors (Lipinski definition) is 11. The molecule has 10 heterocycles. The molecular weight excluding hydrogens is 1820 g/mol. The summed E-state index contributed by atoms with van der Waals surface area (Å²) in [5.74, 6) is -0.563. The van der Waals surface area contributed by atoms with Gasteiger partial charge in [0.15, 0.2) is 0 Å². The van der Waals surface area contributed by atoms with Crippen molar-refractivity contribution < 1.29 is 18.0 Å². The van der Waals surface area contributed by atoms with Gasteiger partial charge < -0.3 is 47.9 Å². The van der Waals surface area contributed by atoms with Crippen LogP contribution in [0.4, 0.5) is 86.5 Å². The van der Waals surface area contributed by atoms with E-state index >= 15 is 0 Å². The third kappa shape index (κ3) is 21.6. The van der Waals surface area contributed by atoms with E-state index in [1.54, 1.807) is 86.8 Å². The van der Waals surface area contributed by atoms with E-state index in [9.17, 15) is 18.0 Å². The molecule has 0 spiro atoms. The molecule has 0 aliphatic heterocycles. The number of nitrogen functional groups attached to an aromatic ring is 1. The van der Waals surface area contributed by atoms with Gasteiger partial charge >= 0.3 is 6.03 Å². The minimum absolute atomic E-state index is 0.0597. The highest BCUT2D eigenvalue weighted by atomic mass is 35.5. The summed E-state index contributed by atoms with van der Waals surface area (Å²) < 4.78 is 40.3. The molecule has 22 aromatic rings. The van der Waals surface area contributed by atoms with Gasteiger partial charge in [-0.25, -0.2) is 32.9 Å². The van der Waals surface area contributed by atoms with Gasteiger partial charge in [0.2, 0.25) is 11.8 Å². The van der Waals surface area contributed by atoms with E-state index in [0.717, 1.165) is 167 Å². The molecule has 22 rings (SSSR count). The Morgan fingerprint density at radius 2 is 0.728 bits per heavy atom. The number of urea groups is 1. The minimum Gasteiger partial charge on any atom is -0.368 e. The number of nitrogens with zero attached hydrogens (tertiary/aromatic N) is 12. The highest BCUT2D eigenvalue weighted by Gasteiger charge is 2.17. The van der Waals surface area contributed by atoms with Crippen molar-refractivity contribution in [2.45, 2.75) is 0 Å². The van der Waals surface area contributed by atoms with E-state index in [1.165, 1.54) is 18.2 Å². The molecule has 0 saturated heterocycles. The van der Waals surface area contributed by atoms with E-state index in [4.69, 9.17) is 63.7 Å². The van der Waals surface area contributed by atoms with Crippen LogP contribution < -0.4 is 43.0 Å². The minimum atomic E-state index is -0.460. The lowest BCUT2D eigenvalue weighted by molar-refractivity contribution is 0.254. The Morgan fingerprint density at radius 1 is 0.346 bits per heavy atom. The molecule has 24 nitrogen and oxygen atoms in total. The van der Waals surface area contributed by atoms with Gasteiger partial charge in [-0.3, -0.25) is 30.0 Å². The summed E-state index contributed by atoms with van der Waals surface area (Å²) >= 11 is 29.9. The van der Waals surface area contributed by atoms with Crippen molar-refractivity contribution in [2.24, 2.45) is 0 Å². The third-order valence-electron chi connectivity index (χ3n) is 21.6. The SMILES string of the molecule is CNC(=O)Nc1ccc(-c2ccc3nccc(Nc4ccc(F)c(Cl)c4)c3c2)cc1.Clc1cccc(Nc2ccnc3ccc(-c4cccc(-c5nn[nH]n5)c4)cc23)c1.Clc1cccc(Nc2ccnc3ccc(-c4cn[nH]c4)cc23)c1.Fc1ccc(Nc2ccnc3ccc(-c4cnc5[nH]ccc5c4)cc23)cc1Cl.Nc1ncc(-c2ccc3nccc(Nc4ccc(F)c(Cl)c4)c3c2)cn1. The van der Waals surface area contributed by atoms with Crippen molar-refractivity contribution in [3.63, 3.8) is 0 Å². The fraction of sp³-hybridized carbons (Fsp3) is 0.00962. The monoisotopic (exact) mass is 1890 g/mol. The molecule has 0 radical (unpaired) electrons. The summed E-state index contributed by atoms with van der Waals surface area (Å²) in [6.07, 6.45) is 19.5. The number of halogens is 8. The number of amides is 2. The Labute approximate surface area is 799 Å². The second-order valence-electron chi connectivity index (χ2n) is 30.5. The number of carbonyl (C=O) groups excluding carboxylic acids is 1. The number of aromatic nitrogens is 15. The van der Waals surface area contributed by atoms with Crippen LogP contribution in [-0.2, 0) is 0 Å². The van der Waals surface area contributed by atoms with E-state index in [1.807, 2.05) is 219 Å². The lowest BCUT2D eigenvalue weighted by atomic mass is 10.0. The van der Waals surface area contributed by atoms with Crippen molar-refractivity contribution in [1.29, 1.82) is 0 Å².